The number of rotatable bonds is 7. The van der Waals surface area contributed by atoms with Gasteiger partial charge in [0.1, 0.15) is 0 Å². The number of benzene rings is 1. The van der Waals surface area contributed by atoms with E-state index >= 15 is 0 Å². The Kier molecular flexibility index (Phi) is 5.52. The molecule has 0 bridgehead atoms. The van der Waals surface area contributed by atoms with Gasteiger partial charge in [-0.3, -0.25) is 9.10 Å². The van der Waals surface area contributed by atoms with E-state index in [0.29, 0.717) is 5.69 Å². The molecule has 1 aromatic carbocycles. The van der Waals surface area contributed by atoms with Gasteiger partial charge in [-0.1, -0.05) is 12.1 Å². The summed E-state index contributed by atoms with van der Waals surface area (Å²) in [4.78, 5) is 10.5. The van der Waals surface area contributed by atoms with Gasteiger partial charge in [-0.25, -0.2) is 0 Å². The highest BCUT2D eigenvalue weighted by Crippen LogP contribution is 2.20. The van der Waals surface area contributed by atoms with Crippen molar-refractivity contribution < 1.29 is 18.3 Å². The normalized spacial score (nSPS) is 11.6. The maximum Gasteiger partial charge on any atom is 0.304 e. The Bertz CT molecular complexity index is 571. The molecular formula is C13H20N2O4S. The smallest absolute Gasteiger partial charge is 0.304 e. The van der Waals surface area contributed by atoms with E-state index in [1.165, 1.54) is 11.4 Å². The molecule has 0 aliphatic heterocycles. The number of carboxylic acid groups (broad SMARTS) is 1. The zero-order chi connectivity index (χ0) is 15.3. The third-order valence-corrected chi connectivity index (χ3v) is 4.89. The van der Waals surface area contributed by atoms with E-state index in [2.05, 4.69) is 0 Å². The molecule has 0 atom stereocenters. The molecule has 1 N–H and O–H groups in total. The van der Waals surface area contributed by atoms with Gasteiger partial charge in [-0.05, 0) is 31.5 Å². The fraction of sp³-hybridized carbons (Fsp3) is 0.462. The molecule has 0 aliphatic carbocycles. The SMILES string of the molecule is CCN(c1cccc(C)c1)S(=O)(=O)N(C)CCC(=O)O. The quantitative estimate of drug-likeness (QED) is 0.827. The van der Waals surface area contributed by atoms with Crippen molar-refractivity contribution >= 4 is 21.9 Å². The van der Waals surface area contributed by atoms with Crippen LogP contribution in [-0.4, -0.2) is 43.9 Å². The van der Waals surface area contributed by atoms with Crippen molar-refractivity contribution in [2.75, 3.05) is 24.4 Å². The number of carboxylic acids is 1. The first-order chi connectivity index (χ1) is 9.28. The minimum atomic E-state index is -3.71. The topological polar surface area (TPSA) is 77.9 Å². The molecule has 20 heavy (non-hydrogen) atoms. The fourth-order valence-corrected chi connectivity index (χ4v) is 3.16. The number of hydrogen-bond acceptors (Lipinski definition) is 3. The molecule has 0 aliphatic rings. The number of carbonyl (C=O) groups is 1. The van der Waals surface area contributed by atoms with Crippen LogP contribution in [-0.2, 0) is 15.0 Å². The summed E-state index contributed by atoms with van der Waals surface area (Å²) < 4.78 is 27.2. The van der Waals surface area contributed by atoms with Crippen LogP contribution in [0.4, 0.5) is 5.69 Å². The zero-order valence-corrected chi connectivity index (χ0v) is 12.7. The van der Waals surface area contributed by atoms with Gasteiger partial charge in [0, 0.05) is 20.1 Å². The lowest BCUT2D eigenvalue weighted by Crippen LogP contribution is -2.42. The van der Waals surface area contributed by atoms with Crippen molar-refractivity contribution in [1.29, 1.82) is 0 Å². The van der Waals surface area contributed by atoms with E-state index < -0.39 is 16.2 Å². The maximum absolute atomic E-state index is 12.4. The summed E-state index contributed by atoms with van der Waals surface area (Å²) in [6, 6.07) is 7.18. The summed E-state index contributed by atoms with van der Waals surface area (Å²) in [5.41, 5.74) is 1.54. The van der Waals surface area contributed by atoms with Crippen molar-refractivity contribution in [1.82, 2.24) is 4.31 Å². The molecule has 0 unspecified atom stereocenters. The first-order valence-electron chi connectivity index (χ1n) is 6.31. The summed E-state index contributed by atoms with van der Waals surface area (Å²) in [7, 11) is -2.33. The molecule has 1 aromatic rings. The molecule has 7 heteroatoms. The number of nitrogens with zero attached hydrogens (tertiary/aromatic N) is 2. The first kappa shape index (κ1) is 16.5. The number of hydrogen-bond donors (Lipinski definition) is 1. The van der Waals surface area contributed by atoms with Gasteiger partial charge < -0.3 is 5.11 Å². The lowest BCUT2D eigenvalue weighted by Gasteiger charge is -2.28. The van der Waals surface area contributed by atoms with Gasteiger partial charge >= 0.3 is 16.2 Å². The Morgan fingerprint density at radius 3 is 2.50 bits per heavy atom. The van der Waals surface area contributed by atoms with E-state index in [1.54, 1.807) is 25.1 Å². The van der Waals surface area contributed by atoms with Crippen molar-refractivity contribution in [3.8, 4) is 0 Å². The Balaban J connectivity index is 3.00. The third-order valence-electron chi connectivity index (χ3n) is 2.89. The molecule has 1 rings (SSSR count). The van der Waals surface area contributed by atoms with Crippen molar-refractivity contribution in [2.24, 2.45) is 0 Å². The molecule has 0 aromatic heterocycles. The molecular weight excluding hydrogens is 280 g/mol. The second kappa shape index (κ2) is 6.71. The summed E-state index contributed by atoms with van der Waals surface area (Å²) in [5.74, 6) is -1.02. The molecule has 0 fully saturated rings. The Morgan fingerprint density at radius 1 is 1.35 bits per heavy atom. The van der Waals surface area contributed by atoms with Crippen LogP contribution in [0.5, 0.6) is 0 Å². The largest absolute Gasteiger partial charge is 0.481 e. The minimum absolute atomic E-state index is 0.0556. The van der Waals surface area contributed by atoms with Crippen molar-refractivity contribution in [3.63, 3.8) is 0 Å². The van der Waals surface area contributed by atoms with E-state index in [0.717, 1.165) is 9.87 Å². The summed E-state index contributed by atoms with van der Waals surface area (Å²) in [6.07, 6.45) is -0.221. The fourth-order valence-electron chi connectivity index (χ4n) is 1.80. The molecule has 0 heterocycles. The van der Waals surface area contributed by atoms with Gasteiger partial charge in [-0.15, -0.1) is 0 Å². The van der Waals surface area contributed by atoms with Crippen LogP contribution in [0.25, 0.3) is 0 Å². The second-order valence-corrected chi connectivity index (χ2v) is 6.44. The highest BCUT2D eigenvalue weighted by molar-refractivity contribution is 7.90. The van der Waals surface area contributed by atoms with E-state index in [4.69, 9.17) is 5.11 Å². The average Bonchev–Trinajstić information content (AvgIpc) is 2.36. The average molecular weight is 300 g/mol. The number of aryl methyl sites for hydroxylation is 1. The van der Waals surface area contributed by atoms with Gasteiger partial charge in [-0.2, -0.15) is 12.7 Å². The van der Waals surface area contributed by atoms with Crippen molar-refractivity contribution in [2.45, 2.75) is 20.3 Å². The van der Waals surface area contributed by atoms with Gasteiger partial charge in [0.05, 0.1) is 12.1 Å². The highest BCUT2D eigenvalue weighted by atomic mass is 32.2. The van der Waals surface area contributed by atoms with E-state index in [9.17, 15) is 13.2 Å². The predicted molar refractivity (Wildman–Crippen MR) is 78.0 cm³/mol. The van der Waals surface area contributed by atoms with E-state index in [-0.39, 0.29) is 19.5 Å². The summed E-state index contributed by atoms with van der Waals surface area (Å²) >= 11 is 0. The standard InChI is InChI=1S/C13H20N2O4S/c1-4-15(12-7-5-6-11(2)10-12)20(18,19)14(3)9-8-13(16)17/h5-7,10H,4,8-9H2,1-3H3,(H,16,17). The van der Waals surface area contributed by atoms with Gasteiger partial charge in [0.25, 0.3) is 0 Å². The third kappa shape index (κ3) is 3.94. The molecule has 0 saturated carbocycles. The molecule has 0 amide bonds. The van der Waals surface area contributed by atoms with Crippen LogP contribution >= 0.6 is 0 Å². The highest BCUT2D eigenvalue weighted by Gasteiger charge is 2.26. The first-order valence-corrected chi connectivity index (χ1v) is 7.71. The van der Waals surface area contributed by atoms with Crippen LogP contribution in [0.3, 0.4) is 0 Å². The van der Waals surface area contributed by atoms with Gasteiger partial charge in [0.15, 0.2) is 0 Å². The van der Waals surface area contributed by atoms with Gasteiger partial charge in [0.2, 0.25) is 0 Å². The summed E-state index contributed by atoms with van der Waals surface area (Å²) in [6.45, 7) is 3.85. The van der Waals surface area contributed by atoms with Crippen LogP contribution < -0.4 is 4.31 Å². The molecule has 0 radical (unpaired) electrons. The zero-order valence-electron chi connectivity index (χ0n) is 11.9. The van der Waals surface area contributed by atoms with Crippen molar-refractivity contribution in [3.05, 3.63) is 29.8 Å². The second-order valence-electron chi connectivity index (χ2n) is 4.48. The minimum Gasteiger partial charge on any atom is -0.481 e. The monoisotopic (exact) mass is 300 g/mol. The molecule has 0 saturated heterocycles. The Hall–Kier alpha value is -1.60. The van der Waals surface area contributed by atoms with E-state index in [1.807, 2.05) is 13.0 Å². The molecule has 112 valence electrons. The molecule has 6 nitrogen and oxygen atoms in total. The number of aliphatic carboxylic acids is 1. The van der Waals surface area contributed by atoms with Crippen LogP contribution in [0.2, 0.25) is 0 Å². The van der Waals surface area contributed by atoms with Crippen LogP contribution in [0, 0.1) is 6.92 Å². The Labute approximate surface area is 119 Å². The Morgan fingerprint density at radius 2 is 2.00 bits per heavy atom. The summed E-state index contributed by atoms with van der Waals surface area (Å²) in [5, 5.41) is 8.64. The van der Waals surface area contributed by atoms with Crippen LogP contribution in [0.15, 0.2) is 24.3 Å². The maximum atomic E-state index is 12.4. The number of anilines is 1. The van der Waals surface area contributed by atoms with Crippen LogP contribution in [0.1, 0.15) is 18.9 Å². The molecule has 0 spiro atoms. The lowest BCUT2D eigenvalue weighted by molar-refractivity contribution is -0.137. The predicted octanol–water partition coefficient (Wildman–Crippen LogP) is 1.47. The lowest BCUT2D eigenvalue weighted by atomic mass is 10.2.